The molecule has 0 unspecified atom stereocenters. The fraction of sp³-hybridized carbons (Fsp3) is 0.0732. The van der Waals surface area contributed by atoms with Crippen LogP contribution >= 0.6 is 0 Å². The zero-order chi connectivity index (χ0) is 31.5. The molecule has 3 aromatic heterocycles. The van der Waals surface area contributed by atoms with Crippen LogP contribution in [-0.2, 0) is 5.41 Å². The maximum Gasteiger partial charge on any atom is 0.238 e. The second-order valence-electron chi connectivity index (χ2n) is 12.4. The van der Waals surface area contributed by atoms with Gasteiger partial charge in [0.2, 0.25) is 5.95 Å². The van der Waals surface area contributed by atoms with Crippen molar-refractivity contribution in [2.45, 2.75) is 19.3 Å². The van der Waals surface area contributed by atoms with E-state index >= 15 is 0 Å². The lowest BCUT2D eigenvalue weighted by molar-refractivity contribution is 0.633. The highest BCUT2D eigenvalue weighted by atomic mass is 15.2. The Labute approximate surface area is 272 Å². The molecule has 0 amide bonds. The first-order valence-corrected chi connectivity index (χ1v) is 15.8. The van der Waals surface area contributed by atoms with Crippen LogP contribution in [0.3, 0.4) is 0 Å². The largest absolute Gasteiger partial charge is 0.310 e. The molecule has 0 radical (unpaired) electrons. The minimum atomic E-state index is -0.247. The second kappa shape index (κ2) is 10.5. The highest BCUT2D eigenvalue weighted by molar-refractivity contribution is 6.09. The van der Waals surface area contributed by atoms with E-state index in [1.807, 2.05) is 72.9 Å². The summed E-state index contributed by atoms with van der Waals surface area (Å²) in [5.74, 6) is 1.78. The molecule has 0 saturated heterocycles. The molecule has 6 heteroatoms. The van der Waals surface area contributed by atoms with Crippen molar-refractivity contribution in [1.29, 1.82) is 0 Å². The van der Waals surface area contributed by atoms with Gasteiger partial charge in [-0.3, -0.25) is 9.55 Å². The second-order valence-corrected chi connectivity index (χ2v) is 12.4. The molecule has 1 aliphatic heterocycles. The Bertz CT molecular complexity index is 2380. The predicted molar refractivity (Wildman–Crippen MR) is 190 cm³/mol. The zero-order valence-corrected chi connectivity index (χ0v) is 26.0. The highest BCUT2D eigenvalue weighted by Gasteiger charge is 2.38. The molecule has 1 aliphatic rings. The lowest BCUT2D eigenvalue weighted by atomic mass is 9.73. The predicted octanol–water partition coefficient (Wildman–Crippen LogP) is 9.81. The maximum atomic E-state index is 5.13. The van der Waals surface area contributed by atoms with Gasteiger partial charge >= 0.3 is 0 Å². The molecule has 5 aromatic carbocycles. The summed E-state index contributed by atoms with van der Waals surface area (Å²) in [7, 11) is 0. The van der Waals surface area contributed by atoms with Gasteiger partial charge in [0.25, 0.3) is 0 Å². The van der Waals surface area contributed by atoms with Crippen LogP contribution in [0.25, 0.3) is 50.7 Å². The average Bonchev–Trinajstić information content (AvgIpc) is 3.45. The number of fused-ring (bicyclic) bond motifs is 5. The van der Waals surface area contributed by atoms with Crippen LogP contribution in [0.1, 0.15) is 25.0 Å². The van der Waals surface area contributed by atoms with Gasteiger partial charge < -0.3 is 4.90 Å². The Morgan fingerprint density at radius 2 is 1.15 bits per heavy atom. The summed E-state index contributed by atoms with van der Waals surface area (Å²) in [5, 5.41) is 1.06. The molecular formula is C41H30N6. The van der Waals surface area contributed by atoms with Gasteiger partial charge in [-0.25, -0.2) is 4.98 Å². The lowest BCUT2D eigenvalue weighted by Crippen LogP contribution is -2.30. The molecule has 9 rings (SSSR count). The first-order chi connectivity index (χ1) is 23.1. The Morgan fingerprint density at radius 3 is 1.83 bits per heavy atom. The van der Waals surface area contributed by atoms with Crippen LogP contribution in [0.15, 0.2) is 146 Å². The number of anilines is 3. The van der Waals surface area contributed by atoms with Crippen LogP contribution in [0, 0.1) is 0 Å². The van der Waals surface area contributed by atoms with E-state index in [4.69, 9.17) is 19.9 Å². The summed E-state index contributed by atoms with van der Waals surface area (Å²) >= 11 is 0. The average molecular weight is 607 g/mol. The van der Waals surface area contributed by atoms with Crippen molar-refractivity contribution in [1.82, 2.24) is 24.5 Å². The Kier molecular flexibility index (Phi) is 6.05. The van der Waals surface area contributed by atoms with Gasteiger partial charge in [-0.05, 0) is 53.6 Å². The third-order valence-electron chi connectivity index (χ3n) is 9.27. The molecule has 224 valence electrons. The fourth-order valence-corrected chi connectivity index (χ4v) is 6.99. The Morgan fingerprint density at radius 1 is 0.532 bits per heavy atom. The van der Waals surface area contributed by atoms with Crippen LogP contribution in [-0.4, -0.2) is 24.5 Å². The number of pyridine rings is 1. The smallest absolute Gasteiger partial charge is 0.238 e. The number of nitrogens with zero attached hydrogens (tertiary/aromatic N) is 6. The van der Waals surface area contributed by atoms with Gasteiger partial charge in [0.15, 0.2) is 11.6 Å². The molecule has 6 nitrogen and oxygen atoms in total. The van der Waals surface area contributed by atoms with Crippen LogP contribution in [0.5, 0.6) is 0 Å². The number of aromatic nitrogens is 5. The summed E-state index contributed by atoms with van der Waals surface area (Å²) in [6, 6.07) is 48.2. The van der Waals surface area contributed by atoms with Crippen molar-refractivity contribution >= 4 is 39.0 Å². The van der Waals surface area contributed by atoms with Crippen molar-refractivity contribution in [2.24, 2.45) is 0 Å². The molecule has 0 aliphatic carbocycles. The summed E-state index contributed by atoms with van der Waals surface area (Å²) < 4.78 is 2.15. The summed E-state index contributed by atoms with van der Waals surface area (Å²) in [6.45, 7) is 4.63. The third-order valence-corrected chi connectivity index (χ3v) is 9.27. The van der Waals surface area contributed by atoms with Gasteiger partial charge in [0.1, 0.15) is 0 Å². The zero-order valence-electron chi connectivity index (χ0n) is 26.0. The van der Waals surface area contributed by atoms with E-state index in [2.05, 4.69) is 96.1 Å². The van der Waals surface area contributed by atoms with Crippen molar-refractivity contribution in [3.8, 4) is 28.7 Å². The van der Waals surface area contributed by atoms with E-state index < -0.39 is 0 Å². The van der Waals surface area contributed by atoms with Crippen molar-refractivity contribution in [3.05, 3.63) is 157 Å². The minimum absolute atomic E-state index is 0.247. The normalized spacial score (nSPS) is 13.4. The molecule has 8 aromatic rings. The van der Waals surface area contributed by atoms with Crippen LogP contribution in [0.4, 0.5) is 17.1 Å². The number of benzene rings is 5. The third kappa shape index (κ3) is 4.26. The molecule has 0 saturated carbocycles. The first kappa shape index (κ1) is 27.2. The quantitative estimate of drug-likeness (QED) is 0.200. The van der Waals surface area contributed by atoms with E-state index in [-0.39, 0.29) is 5.41 Å². The monoisotopic (exact) mass is 606 g/mol. The Balaban J connectivity index is 1.38. The summed E-state index contributed by atoms with van der Waals surface area (Å²) in [4.78, 5) is 22.5. The van der Waals surface area contributed by atoms with Crippen molar-refractivity contribution in [2.75, 3.05) is 4.90 Å². The number of hydrogen-bond donors (Lipinski definition) is 0. The number of rotatable bonds is 4. The number of hydrogen-bond acceptors (Lipinski definition) is 5. The first-order valence-electron chi connectivity index (χ1n) is 15.8. The van der Waals surface area contributed by atoms with Crippen molar-refractivity contribution < 1.29 is 0 Å². The highest BCUT2D eigenvalue weighted by Crippen LogP contribution is 2.53. The van der Waals surface area contributed by atoms with Crippen LogP contribution < -0.4 is 4.90 Å². The van der Waals surface area contributed by atoms with Crippen molar-refractivity contribution in [3.63, 3.8) is 0 Å². The molecular weight excluding hydrogens is 576 g/mol. The Hall–Kier alpha value is -6.14. The van der Waals surface area contributed by atoms with E-state index in [1.165, 1.54) is 16.8 Å². The molecule has 0 spiro atoms. The van der Waals surface area contributed by atoms with Crippen LogP contribution in [0.2, 0.25) is 0 Å². The molecule has 4 heterocycles. The van der Waals surface area contributed by atoms with Gasteiger partial charge in [-0.15, -0.1) is 0 Å². The maximum absolute atomic E-state index is 5.13. The summed E-state index contributed by atoms with van der Waals surface area (Å²) in [6.07, 6.45) is 1.86. The van der Waals surface area contributed by atoms with Gasteiger partial charge in [-0.2, -0.15) is 9.97 Å². The molecule has 47 heavy (non-hydrogen) atoms. The molecule has 0 bridgehead atoms. The van der Waals surface area contributed by atoms with E-state index in [0.717, 1.165) is 44.4 Å². The van der Waals surface area contributed by atoms with E-state index in [9.17, 15) is 0 Å². The topological polar surface area (TPSA) is 59.7 Å². The van der Waals surface area contributed by atoms with Gasteiger partial charge in [0.05, 0.1) is 27.9 Å². The van der Waals surface area contributed by atoms with E-state index in [0.29, 0.717) is 17.6 Å². The molecule has 0 N–H and O–H groups in total. The number of para-hydroxylation sites is 2. The van der Waals surface area contributed by atoms with E-state index in [1.54, 1.807) is 0 Å². The lowest BCUT2D eigenvalue weighted by Gasteiger charge is -2.42. The van der Waals surface area contributed by atoms with Gasteiger partial charge in [0, 0.05) is 33.8 Å². The SMILES string of the molecule is CC1(C)c2ccccc2N(c2ccccc2)c2cc3c(cc21)c1ncccc1n3-c1nc(-c2ccccc2)nc(-c2ccccc2)n1. The minimum Gasteiger partial charge on any atom is -0.310 e. The summed E-state index contributed by atoms with van der Waals surface area (Å²) in [5.41, 5.74) is 10.4. The standard InChI is InChI=1S/C41H30N6/c1-41(2)31-21-12-13-22-33(31)46(29-19-10-5-11-20-29)36-26-35-30(25-32(36)41)37-34(23-14-24-42-37)47(35)40-44-38(27-15-6-3-7-16-27)43-39(45-40)28-17-8-4-9-18-28/h3-26H,1-2H3. The molecule has 0 atom stereocenters. The fourth-order valence-electron chi connectivity index (χ4n) is 6.99. The van der Waals surface area contributed by atoms with Gasteiger partial charge in [-0.1, -0.05) is 111 Å². The molecule has 0 fully saturated rings.